The number of nitrogens with one attached hydrogen (secondary N) is 1. The summed E-state index contributed by atoms with van der Waals surface area (Å²) < 4.78 is 0. The Morgan fingerprint density at radius 3 is 3.00 bits per heavy atom. The van der Waals surface area contributed by atoms with Gasteiger partial charge in [0.2, 0.25) is 0 Å². The maximum absolute atomic E-state index is 10.7. The Bertz CT molecular complexity index is 553. The third kappa shape index (κ3) is 3.01. The molecule has 0 aliphatic heterocycles. The van der Waals surface area contributed by atoms with E-state index in [0.717, 1.165) is 21.9 Å². The summed E-state index contributed by atoms with van der Waals surface area (Å²) in [6.45, 7) is 2.17. The van der Waals surface area contributed by atoms with Gasteiger partial charge in [-0.15, -0.1) is 0 Å². The number of aromatic amines is 1. The Hall–Kier alpha value is -1.56. The second-order valence-electron chi connectivity index (χ2n) is 4.06. The summed E-state index contributed by atoms with van der Waals surface area (Å²) in [5.41, 5.74) is 1.59. The third-order valence-electron chi connectivity index (χ3n) is 2.64. The number of thioether (sulfide) groups is 1. The lowest BCUT2D eigenvalue weighted by Crippen LogP contribution is -1.86. The number of hydrogen-bond acceptors (Lipinski definition) is 4. The monoisotopic (exact) mass is 265 g/mol. The maximum atomic E-state index is 10.7. The number of hydrogen-bond donors (Lipinski definition) is 1. The molecule has 0 radical (unpaired) electrons. The lowest BCUT2D eigenvalue weighted by atomic mass is 10.3. The van der Waals surface area contributed by atoms with Crippen molar-refractivity contribution in [2.45, 2.75) is 31.3 Å². The number of nitro benzene ring substituents is 1. The number of imidazole rings is 1. The Morgan fingerprint density at radius 1 is 1.44 bits per heavy atom. The van der Waals surface area contributed by atoms with Gasteiger partial charge < -0.3 is 4.98 Å². The lowest BCUT2D eigenvalue weighted by Gasteiger charge is -1.95. The highest BCUT2D eigenvalue weighted by Crippen LogP contribution is 2.23. The van der Waals surface area contributed by atoms with Crippen LogP contribution < -0.4 is 0 Å². The fraction of sp³-hybridized carbons (Fsp3) is 0.417. The first kappa shape index (κ1) is 12.9. The second kappa shape index (κ2) is 5.86. The van der Waals surface area contributed by atoms with Crippen LogP contribution in [-0.4, -0.2) is 20.6 Å². The van der Waals surface area contributed by atoms with Gasteiger partial charge in [0.25, 0.3) is 5.69 Å². The minimum atomic E-state index is -0.394. The number of H-pyrrole nitrogens is 1. The maximum Gasteiger partial charge on any atom is 0.271 e. The van der Waals surface area contributed by atoms with E-state index in [-0.39, 0.29) is 5.69 Å². The molecule has 0 saturated heterocycles. The first-order chi connectivity index (χ1) is 8.70. The van der Waals surface area contributed by atoms with E-state index in [4.69, 9.17) is 0 Å². The molecule has 1 aromatic heterocycles. The fourth-order valence-corrected chi connectivity index (χ4v) is 2.56. The molecule has 0 unspecified atom stereocenters. The molecule has 18 heavy (non-hydrogen) atoms. The molecule has 1 aromatic carbocycles. The van der Waals surface area contributed by atoms with Gasteiger partial charge in [-0.1, -0.05) is 31.5 Å². The molecule has 0 amide bonds. The van der Waals surface area contributed by atoms with Gasteiger partial charge in [0.1, 0.15) is 0 Å². The predicted octanol–water partition coefficient (Wildman–Crippen LogP) is 3.75. The smallest absolute Gasteiger partial charge is 0.271 e. The fourth-order valence-electron chi connectivity index (χ4n) is 1.68. The predicted molar refractivity (Wildman–Crippen MR) is 73.0 cm³/mol. The van der Waals surface area contributed by atoms with Crippen molar-refractivity contribution in [3.8, 4) is 0 Å². The SMILES string of the molecule is CCCCCSc1nc2ccc([N+](=O)[O-])cc2[nH]1. The molecule has 2 aromatic rings. The van der Waals surface area contributed by atoms with Crippen molar-refractivity contribution in [2.24, 2.45) is 0 Å². The van der Waals surface area contributed by atoms with E-state index < -0.39 is 4.92 Å². The zero-order chi connectivity index (χ0) is 13.0. The normalized spacial score (nSPS) is 10.9. The molecular weight excluding hydrogens is 250 g/mol. The van der Waals surface area contributed by atoms with Crippen LogP contribution >= 0.6 is 11.8 Å². The van der Waals surface area contributed by atoms with Crippen molar-refractivity contribution < 1.29 is 4.92 Å². The summed E-state index contributed by atoms with van der Waals surface area (Å²) in [6.07, 6.45) is 3.59. The van der Waals surface area contributed by atoms with Crippen LogP contribution in [0.2, 0.25) is 0 Å². The number of nitrogens with zero attached hydrogens (tertiary/aromatic N) is 2. The van der Waals surface area contributed by atoms with E-state index in [9.17, 15) is 10.1 Å². The molecule has 0 saturated carbocycles. The van der Waals surface area contributed by atoms with Crippen LogP contribution in [0.5, 0.6) is 0 Å². The van der Waals surface area contributed by atoms with Crippen LogP contribution in [0.15, 0.2) is 23.4 Å². The molecule has 0 atom stereocenters. The van der Waals surface area contributed by atoms with Crippen LogP contribution in [0.1, 0.15) is 26.2 Å². The molecule has 0 aliphatic rings. The highest BCUT2D eigenvalue weighted by molar-refractivity contribution is 7.99. The molecule has 0 bridgehead atoms. The number of aromatic nitrogens is 2. The van der Waals surface area contributed by atoms with Gasteiger partial charge in [-0.05, 0) is 12.5 Å². The molecule has 1 heterocycles. The molecule has 0 aliphatic carbocycles. The van der Waals surface area contributed by atoms with Crippen molar-refractivity contribution in [1.82, 2.24) is 9.97 Å². The van der Waals surface area contributed by atoms with E-state index >= 15 is 0 Å². The number of nitro groups is 1. The van der Waals surface area contributed by atoms with Crippen molar-refractivity contribution in [3.63, 3.8) is 0 Å². The van der Waals surface area contributed by atoms with Gasteiger partial charge >= 0.3 is 0 Å². The van der Waals surface area contributed by atoms with Crippen LogP contribution in [0.25, 0.3) is 11.0 Å². The van der Waals surface area contributed by atoms with Crippen LogP contribution in [0.3, 0.4) is 0 Å². The number of rotatable bonds is 6. The van der Waals surface area contributed by atoms with Gasteiger partial charge in [-0.25, -0.2) is 4.98 Å². The molecule has 0 fully saturated rings. The van der Waals surface area contributed by atoms with Crippen molar-refractivity contribution in [3.05, 3.63) is 28.3 Å². The minimum absolute atomic E-state index is 0.0914. The van der Waals surface area contributed by atoms with Gasteiger partial charge in [-0.3, -0.25) is 10.1 Å². The Labute approximate surface area is 109 Å². The molecule has 1 N–H and O–H groups in total. The first-order valence-corrected chi connectivity index (χ1v) is 6.96. The zero-order valence-corrected chi connectivity index (χ0v) is 11.0. The summed E-state index contributed by atoms with van der Waals surface area (Å²) in [5.74, 6) is 1.02. The van der Waals surface area contributed by atoms with E-state index in [2.05, 4.69) is 16.9 Å². The highest BCUT2D eigenvalue weighted by Gasteiger charge is 2.09. The minimum Gasteiger partial charge on any atom is -0.333 e. The average Bonchev–Trinajstić information content (AvgIpc) is 2.76. The van der Waals surface area contributed by atoms with Gasteiger partial charge in [0.05, 0.1) is 16.0 Å². The van der Waals surface area contributed by atoms with E-state index in [1.165, 1.54) is 31.4 Å². The third-order valence-corrected chi connectivity index (χ3v) is 3.60. The summed E-state index contributed by atoms with van der Waals surface area (Å²) in [5, 5.41) is 11.5. The molecule has 96 valence electrons. The van der Waals surface area contributed by atoms with Crippen molar-refractivity contribution in [1.29, 1.82) is 0 Å². The van der Waals surface area contributed by atoms with Gasteiger partial charge in [-0.2, -0.15) is 0 Å². The van der Waals surface area contributed by atoms with Crippen LogP contribution in [-0.2, 0) is 0 Å². The largest absolute Gasteiger partial charge is 0.333 e. The molecule has 0 spiro atoms. The molecule has 6 heteroatoms. The Morgan fingerprint density at radius 2 is 2.28 bits per heavy atom. The quantitative estimate of drug-likeness (QED) is 0.373. The second-order valence-corrected chi connectivity index (χ2v) is 5.14. The Balaban J connectivity index is 2.09. The number of benzene rings is 1. The standard InChI is InChI=1S/C12H15N3O2S/c1-2-3-4-7-18-12-13-10-6-5-9(15(16)17)8-11(10)14-12/h5-6,8H,2-4,7H2,1H3,(H,13,14). The van der Waals surface area contributed by atoms with Crippen LogP contribution in [0.4, 0.5) is 5.69 Å². The average molecular weight is 265 g/mol. The van der Waals surface area contributed by atoms with Gasteiger partial charge in [0, 0.05) is 17.9 Å². The summed E-state index contributed by atoms with van der Waals surface area (Å²) >= 11 is 1.66. The van der Waals surface area contributed by atoms with E-state index in [1.54, 1.807) is 17.8 Å². The lowest BCUT2D eigenvalue weighted by molar-refractivity contribution is -0.384. The summed E-state index contributed by atoms with van der Waals surface area (Å²) in [7, 11) is 0. The number of non-ortho nitro benzene ring substituents is 1. The zero-order valence-electron chi connectivity index (χ0n) is 10.2. The van der Waals surface area contributed by atoms with Crippen LogP contribution in [0, 0.1) is 10.1 Å². The van der Waals surface area contributed by atoms with E-state index in [1.807, 2.05) is 0 Å². The summed E-state index contributed by atoms with van der Waals surface area (Å²) in [4.78, 5) is 17.8. The van der Waals surface area contributed by atoms with Gasteiger partial charge in [0.15, 0.2) is 5.16 Å². The number of unbranched alkanes of at least 4 members (excludes halogenated alkanes) is 2. The highest BCUT2D eigenvalue weighted by atomic mass is 32.2. The molecule has 2 rings (SSSR count). The first-order valence-electron chi connectivity index (χ1n) is 5.97. The Kier molecular flexibility index (Phi) is 4.19. The summed E-state index contributed by atoms with van der Waals surface area (Å²) in [6, 6.07) is 4.69. The van der Waals surface area contributed by atoms with Crippen molar-refractivity contribution in [2.75, 3.05) is 5.75 Å². The molecular formula is C12H15N3O2S. The van der Waals surface area contributed by atoms with Crippen molar-refractivity contribution >= 4 is 28.5 Å². The number of fused-ring (bicyclic) bond motifs is 1. The van der Waals surface area contributed by atoms with E-state index in [0.29, 0.717) is 0 Å². The molecule has 5 nitrogen and oxygen atoms in total. The topological polar surface area (TPSA) is 71.8 Å².